The summed E-state index contributed by atoms with van der Waals surface area (Å²) in [5, 5.41) is 0. The van der Waals surface area contributed by atoms with Crippen LogP contribution in [-0.2, 0) is 4.79 Å². The van der Waals surface area contributed by atoms with Gasteiger partial charge in [-0.3, -0.25) is 9.69 Å². The highest BCUT2D eigenvalue weighted by atomic mass is 16.2. The average Bonchev–Trinajstić information content (AvgIpc) is 2.37. The second-order valence-electron chi connectivity index (χ2n) is 5.71. The first-order valence-corrected chi connectivity index (χ1v) is 6.87. The fraction of sp³-hybridized carbons (Fsp3) is 0.923. The number of hydrogen-bond donors (Lipinski definition) is 1. The van der Waals surface area contributed by atoms with Crippen LogP contribution in [0.1, 0.15) is 39.5 Å². The summed E-state index contributed by atoms with van der Waals surface area (Å²) >= 11 is 0. The molecule has 0 bridgehead atoms. The molecule has 2 aliphatic rings. The molecule has 2 atom stereocenters. The summed E-state index contributed by atoms with van der Waals surface area (Å²) in [7, 11) is 0. The van der Waals surface area contributed by atoms with Crippen LogP contribution in [0.4, 0.5) is 0 Å². The molecule has 2 heterocycles. The number of hydrogen-bond acceptors (Lipinski definition) is 3. The van der Waals surface area contributed by atoms with Gasteiger partial charge in [0.1, 0.15) is 0 Å². The Balaban J connectivity index is 1.98. The lowest BCUT2D eigenvalue weighted by atomic mass is 9.95. The maximum absolute atomic E-state index is 12.3. The molecule has 98 valence electrons. The third kappa shape index (κ3) is 2.63. The number of piperazine rings is 1. The molecule has 0 radical (unpaired) electrons. The molecule has 4 nitrogen and oxygen atoms in total. The van der Waals surface area contributed by atoms with Gasteiger partial charge in [-0.1, -0.05) is 13.3 Å². The van der Waals surface area contributed by atoms with Crippen molar-refractivity contribution >= 4 is 5.91 Å². The van der Waals surface area contributed by atoms with Crippen molar-refractivity contribution in [3.63, 3.8) is 0 Å². The van der Waals surface area contributed by atoms with E-state index in [1.807, 2.05) is 18.7 Å². The predicted molar refractivity (Wildman–Crippen MR) is 68.7 cm³/mol. The molecule has 0 spiro atoms. The van der Waals surface area contributed by atoms with E-state index in [1.54, 1.807) is 0 Å². The van der Waals surface area contributed by atoms with E-state index in [1.165, 1.54) is 25.8 Å². The summed E-state index contributed by atoms with van der Waals surface area (Å²) in [6.45, 7) is 7.79. The summed E-state index contributed by atoms with van der Waals surface area (Å²) in [6.07, 6.45) is 4.55. The van der Waals surface area contributed by atoms with Crippen molar-refractivity contribution in [2.75, 3.05) is 26.2 Å². The number of nitrogens with two attached hydrogens (primary N) is 1. The quantitative estimate of drug-likeness (QED) is 0.776. The van der Waals surface area contributed by atoms with Crippen LogP contribution in [0.2, 0.25) is 0 Å². The Morgan fingerprint density at radius 3 is 2.82 bits per heavy atom. The van der Waals surface area contributed by atoms with Crippen molar-refractivity contribution in [3.8, 4) is 0 Å². The van der Waals surface area contributed by atoms with Gasteiger partial charge in [0.2, 0.25) is 5.91 Å². The number of nitrogens with zero attached hydrogens (tertiary/aromatic N) is 2. The molecule has 0 saturated carbocycles. The first kappa shape index (κ1) is 12.8. The molecule has 0 aromatic rings. The van der Waals surface area contributed by atoms with Gasteiger partial charge in [-0.15, -0.1) is 0 Å². The average molecular weight is 239 g/mol. The number of carbonyl (C=O) groups excluding carboxylic acids is 1. The van der Waals surface area contributed by atoms with Crippen molar-refractivity contribution in [2.45, 2.75) is 51.1 Å². The molecule has 2 aliphatic heterocycles. The van der Waals surface area contributed by atoms with Crippen molar-refractivity contribution in [1.82, 2.24) is 9.80 Å². The standard InChI is InChI=1S/C13H25N3O/c1-3-13(2,14)12(17)16-9-8-15-7-5-4-6-11(15)10-16/h11H,3-10,14H2,1-2H3. The maximum atomic E-state index is 12.3. The van der Waals surface area contributed by atoms with Gasteiger partial charge in [0.25, 0.3) is 0 Å². The van der Waals surface area contributed by atoms with E-state index in [0.717, 1.165) is 19.6 Å². The molecular weight excluding hydrogens is 214 g/mol. The van der Waals surface area contributed by atoms with Crippen LogP contribution in [-0.4, -0.2) is 53.5 Å². The van der Waals surface area contributed by atoms with Crippen LogP contribution in [0.15, 0.2) is 0 Å². The van der Waals surface area contributed by atoms with Crippen LogP contribution in [0.3, 0.4) is 0 Å². The molecule has 0 aromatic carbocycles. The van der Waals surface area contributed by atoms with E-state index < -0.39 is 5.54 Å². The van der Waals surface area contributed by atoms with Gasteiger partial charge in [-0.25, -0.2) is 0 Å². The van der Waals surface area contributed by atoms with Crippen LogP contribution in [0.25, 0.3) is 0 Å². The predicted octanol–water partition coefficient (Wildman–Crippen LogP) is 0.811. The van der Waals surface area contributed by atoms with Crippen molar-refractivity contribution < 1.29 is 4.79 Å². The zero-order valence-corrected chi connectivity index (χ0v) is 11.1. The SMILES string of the molecule is CCC(C)(N)C(=O)N1CCN2CCCCC2C1. The monoisotopic (exact) mass is 239 g/mol. The van der Waals surface area contributed by atoms with Gasteiger partial charge in [-0.05, 0) is 32.7 Å². The van der Waals surface area contributed by atoms with E-state index in [9.17, 15) is 4.79 Å². The fourth-order valence-corrected chi connectivity index (χ4v) is 2.85. The fourth-order valence-electron chi connectivity index (χ4n) is 2.85. The number of fused-ring (bicyclic) bond motifs is 1. The van der Waals surface area contributed by atoms with Crippen LogP contribution in [0.5, 0.6) is 0 Å². The Bertz CT molecular complexity index is 290. The van der Waals surface area contributed by atoms with Gasteiger partial charge in [0, 0.05) is 25.7 Å². The summed E-state index contributed by atoms with van der Waals surface area (Å²) in [6, 6.07) is 0.578. The smallest absolute Gasteiger partial charge is 0.242 e. The van der Waals surface area contributed by atoms with Crippen LogP contribution >= 0.6 is 0 Å². The Hall–Kier alpha value is -0.610. The van der Waals surface area contributed by atoms with Gasteiger partial charge in [0.05, 0.1) is 5.54 Å². The van der Waals surface area contributed by atoms with Gasteiger partial charge in [0.15, 0.2) is 0 Å². The molecule has 2 saturated heterocycles. The highest BCUT2D eigenvalue weighted by molar-refractivity contribution is 5.85. The largest absolute Gasteiger partial charge is 0.338 e. The number of rotatable bonds is 2. The van der Waals surface area contributed by atoms with Gasteiger partial charge >= 0.3 is 0 Å². The Labute approximate surface area is 104 Å². The summed E-state index contributed by atoms with van der Waals surface area (Å²) in [5.41, 5.74) is 5.37. The lowest BCUT2D eigenvalue weighted by molar-refractivity contribution is -0.140. The lowest BCUT2D eigenvalue weighted by Crippen LogP contribution is -2.61. The normalized spacial score (nSPS) is 29.6. The Kier molecular flexibility index (Phi) is 3.73. The lowest BCUT2D eigenvalue weighted by Gasteiger charge is -2.45. The second-order valence-corrected chi connectivity index (χ2v) is 5.71. The van der Waals surface area contributed by atoms with Crippen molar-refractivity contribution in [1.29, 1.82) is 0 Å². The topological polar surface area (TPSA) is 49.6 Å². The van der Waals surface area contributed by atoms with E-state index in [4.69, 9.17) is 5.73 Å². The molecule has 4 heteroatoms. The van der Waals surface area contributed by atoms with E-state index in [2.05, 4.69) is 4.90 Å². The first-order valence-electron chi connectivity index (χ1n) is 6.87. The maximum Gasteiger partial charge on any atom is 0.242 e. The minimum Gasteiger partial charge on any atom is -0.338 e. The zero-order valence-electron chi connectivity index (χ0n) is 11.1. The number of piperidine rings is 1. The van der Waals surface area contributed by atoms with Crippen LogP contribution < -0.4 is 5.73 Å². The van der Waals surface area contributed by atoms with E-state index in [0.29, 0.717) is 12.5 Å². The van der Waals surface area contributed by atoms with E-state index in [-0.39, 0.29) is 5.91 Å². The third-order valence-electron chi connectivity index (χ3n) is 4.35. The molecule has 2 fully saturated rings. The minimum atomic E-state index is -0.684. The Morgan fingerprint density at radius 2 is 2.12 bits per heavy atom. The van der Waals surface area contributed by atoms with Crippen molar-refractivity contribution in [3.05, 3.63) is 0 Å². The summed E-state index contributed by atoms with van der Waals surface area (Å²) in [5.74, 6) is 0.130. The summed E-state index contributed by atoms with van der Waals surface area (Å²) < 4.78 is 0. The molecule has 1 amide bonds. The summed E-state index contributed by atoms with van der Waals surface area (Å²) in [4.78, 5) is 16.8. The Morgan fingerprint density at radius 1 is 1.35 bits per heavy atom. The zero-order chi connectivity index (χ0) is 12.5. The molecule has 0 aromatic heterocycles. The molecule has 2 unspecified atom stereocenters. The molecule has 2 N–H and O–H groups in total. The van der Waals surface area contributed by atoms with Crippen LogP contribution in [0, 0.1) is 0 Å². The molecular formula is C13H25N3O. The number of amides is 1. The van der Waals surface area contributed by atoms with Gasteiger partial charge in [-0.2, -0.15) is 0 Å². The first-order chi connectivity index (χ1) is 8.04. The number of carbonyl (C=O) groups is 1. The van der Waals surface area contributed by atoms with Crippen molar-refractivity contribution in [2.24, 2.45) is 5.73 Å². The second kappa shape index (κ2) is 4.94. The highest BCUT2D eigenvalue weighted by Gasteiger charge is 2.36. The molecule has 2 rings (SSSR count). The third-order valence-corrected chi connectivity index (χ3v) is 4.35. The highest BCUT2D eigenvalue weighted by Crippen LogP contribution is 2.22. The van der Waals surface area contributed by atoms with Gasteiger partial charge < -0.3 is 10.6 Å². The minimum absolute atomic E-state index is 0.130. The molecule has 17 heavy (non-hydrogen) atoms. The van der Waals surface area contributed by atoms with E-state index >= 15 is 0 Å². The molecule has 0 aliphatic carbocycles.